The fourth-order valence-electron chi connectivity index (χ4n) is 2.92. The molecule has 0 fully saturated rings. The summed E-state index contributed by atoms with van der Waals surface area (Å²) in [4.78, 5) is 36.4. The van der Waals surface area contributed by atoms with Gasteiger partial charge in [0.25, 0.3) is 0 Å². The van der Waals surface area contributed by atoms with Crippen LogP contribution >= 0.6 is 0 Å². The molecule has 0 unspecified atom stereocenters. The monoisotopic (exact) mass is 316 g/mol. The lowest BCUT2D eigenvalue weighted by atomic mass is 9.78. The predicted molar refractivity (Wildman–Crippen MR) is 84.9 cm³/mol. The van der Waals surface area contributed by atoms with Crippen molar-refractivity contribution in [3.05, 3.63) is 41.0 Å². The van der Waals surface area contributed by atoms with E-state index in [4.69, 9.17) is 0 Å². The van der Waals surface area contributed by atoms with Gasteiger partial charge in [0.1, 0.15) is 5.76 Å². The zero-order chi connectivity index (χ0) is 17.1. The van der Waals surface area contributed by atoms with Crippen molar-refractivity contribution in [3.63, 3.8) is 0 Å². The van der Waals surface area contributed by atoms with Gasteiger partial charge in [-0.25, -0.2) is 0 Å². The Hall–Kier alpha value is -2.43. The highest BCUT2D eigenvalue weighted by atomic mass is 16.5. The fraction of sp³-hybridized carbons (Fsp3) is 0.389. The number of esters is 1. The summed E-state index contributed by atoms with van der Waals surface area (Å²) in [5, 5.41) is 10.5. The SMILES string of the molecule is COC(=O)C[C@@H](CC(C)C)C1=C(O)c2ccccc2C(=O)C1=O. The molecule has 1 aliphatic carbocycles. The number of hydrogen-bond donors (Lipinski definition) is 1. The minimum Gasteiger partial charge on any atom is -0.507 e. The van der Waals surface area contributed by atoms with E-state index in [0.717, 1.165) is 0 Å². The van der Waals surface area contributed by atoms with E-state index in [1.807, 2.05) is 13.8 Å². The van der Waals surface area contributed by atoms with Gasteiger partial charge in [-0.1, -0.05) is 38.1 Å². The molecule has 1 atom stereocenters. The van der Waals surface area contributed by atoms with E-state index in [0.29, 0.717) is 12.0 Å². The van der Waals surface area contributed by atoms with Gasteiger partial charge in [-0.3, -0.25) is 14.4 Å². The summed E-state index contributed by atoms with van der Waals surface area (Å²) in [5.74, 6) is -2.44. The minimum atomic E-state index is -0.740. The van der Waals surface area contributed by atoms with Gasteiger partial charge in [-0.15, -0.1) is 0 Å². The molecule has 0 heterocycles. The molecule has 0 aromatic heterocycles. The second-order valence-electron chi connectivity index (χ2n) is 6.07. The molecule has 2 rings (SSSR count). The van der Waals surface area contributed by atoms with E-state index in [1.165, 1.54) is 13.2 Å². The van der Waals surface area contributed by atoms with Crippen LogP contribution in [0.1, 0.15) is 42.6 Å². The van der Waals surface area contributed by atoms with Crippen molar-refractivity contribution in [3.8, 4) is 0 Å². The van der Waals surface area contributed by atoms with Crippen LogP contribution < -0.4 is 0 Å². The molecule has 122 valence electrons. The summed E-state index contributed by atoms with van der Waals surface area (Å²) in [7, 11) is 1.27. The third kappa shape index (κ3) is 3.33. The van der Waals surface area contributed by atoms with Gasteiger partial charge in [0.15, 0.2) is 0 Å². The highest BCUT2D eigenvalue weighted by molar-refractivity contribution is 6.52. The standard InChI is InChI=1S/C18H20O5/c1-10(2)8-11(9-14(19)23-3)15-16(20)12-6-4-5-7-13(12)17(21)18(15)22/h4-7,10-11,20H,8-9H2,1-3H3/t11-/m1/s1. The molecule has 0 saturated heterocycles. The number of hydrogen-bond acceptors (Lipinski definition) is 5. The highest BCUT2D eigenvalue weighted by Crippen LogP contribution is 2.35. The third-order valence-electron chi connectivity index (χ3n) is 3.94. The predicted octanol–water partition coefficient (Wildman–Crippen LogP) is 2.95. The molecule has 1 aliphatic rings. The van der Waals surface area contributed by atoms with Crippen LogP contribution in [0, 0.1) is 11.8 Å². The van der Waals surface area contributed by atoms with Crippen molar-refractivity contribution >= 4 is 23.3 Å². The molecule has 0 amide bonds. The molecule has 1 aromatic carbocycles. The number of fused-ring (bicyclic) bond motifs is 1. The maximum Gasteiger partial charge on any atom is 0.306 e. The summed E-state index contributed by atoms with van der Waals surface area (Å²) >= 11 is 0. The van der Waals surface area contributed by atoms with Crippen molar-refractivity contribution < 1.29 is 24.2 Å². The Morgan fingerprint density at radius 3 is 2.30 bits per heavy atom. The van der Waals surface area contributed by atoms with E-state index in [2.05, 4.69) is 4.74 Å². The first kappa shape index (κ1) is 16.9. The number of ether oxygens (including phenoxy) is 1. The van der Waals surface area contributed by atoms with Crippen LogP contribution in [-0.4, -0.2) is 29.8 Å². The smallest absolute Gasteiger partial charge is 0.306 e. The summed E-state index contributed by atoms with van der Waals surface area (Å²) in [6, 6.07) is 6.44. The Morgan fingerprint density at radius 2 is 1.74 bits per heavy atom. The number of ketones is 2. The second-order valence-corrected chi connectivity index (χ2v) is 6.07. The summed E-state index contributed by atoms with van der Waals surface area (Å²) in [5.41, 5.74) is 0.554. The van der Waals surface area contributed by atoms with Crippen LogP contribution in [0.15, 0.2) is 29.8 Å². The lowest BCUT2D eigenvalue weighted by Gasteiger charge is -2.25. The molecule has 0 aliphatic heterocycles. The van der Waals surface area contributed by atoms with Crippen LogP contribution in [0.5, 0.6) is 0 Å². The largest absolute Gasteiger partial charge is 0.507 e. The summed E-state index contributed by atoms with van der Waals surface area (Å²) in [6.07, 6.45) is 0.449. The van der Waals surface area contributed by atoms with E-state index >= 15 is 0 Å². The Balaban J connectivity index is 2.54. The fourth-order valence-corrected chi connectivity index (χ4v) is 2.92. The van der Waals surface area contributed by atoms with Crippen molar-refractivity contribution in [1.29, 1.82) is 0 Å². The molecular weight excluding hydrogens is 296 g/mol. The van der Waals surface area contributed by atoms with E-state index in [-0.39, 0.29) is 29.2 Å². The quantitative estimate of drug-likeness (QED) is 0.667. The van der Waals surface area contributed by atoms with Crippen LogP contribution in [0.25, 0.3) is 5.76 Å². The number of Topliss-reactive ketones (excluding diaryl/α,β-unsaturated/α-hetero) is 2. The first-order valence-corrected chi connectivity index (χ1v) is 7.55. The Bertz CT molecular complexity index is 684. The third-order valence-corrected chi connectivity index (χ3v) is 3.94. The molecule has 0 spiro atoms. The second kappa shape index (κ2) is 6.77. The molecule has 0 radical (unpaired) electrons. The summed E-state index contributed by atoms with van der Waals surface area (Å²) < 4.78 is 4.68. The van der Waals surface area contributed by atoms with Gasteiger partial charge in [0, 0.05) is 22.6 Å². The average molecular weight is 316 g/mol. The lowest BCUT2D eigenvalue weighted by molar-refractivity contribution is -0.141. The normalized spacial score (nSPS) is 15.7. The van der Waals surface area contributed by atoms with Gasteiger partial charge in [-0.05, 0) is 12.3 Å². The van der Waals surface area contributed by atoms with E-state index in [1.54, 1.807) is 18.2 Å². The molecule has 1 N–H and O–H groups in total. The van der Waals surface area contributed by atoms with Crippen LogP contribution in [-0.2, 0) is 14.3 Å². The minimum absolute atomic E-state index is 0.0211. The number of aliphatic hydroxyl groups is 1. The van der Waals surface area contributed by atoms with Crippen molar-refractivity contribution in [1.82, 2.24) is 0 Å². The maximum atomic E-state index is 12.5. The maximum absolute atomic E-state index is 12.5. The zero-order valence-corrected chi connectivity index (χ0v) is 13.5. The van der Waals surface area contributed by atoms with Gasteiger partial charge >= 0.3 is 5.97 Å². The molecule has 5 heteroatoms. The first-order chi connectivity index (χ1) is 10.9. The first-order valence-electron chi connectivity index (χ1n) is 7.55. The lowest BCUT2D eigenvalue weighted by Crippen LogP contribution is -2.30. The number of carbonyl (C=O) groups is 3. The molecule has 23 heavy (non-hydrogen) atoms. The van der Waals surface area contributed by atoms with Crippen molar-refractivity contribution in [2.24, 2.45) is 11.8 Å². The van der Waals surface area contributed by atoms with Crippen molar-refractivity contribution in [2.45, 2.75) is 26.7 Å². The Kier molecular flexibility index (Phi) is 4.98. The number of carbonyl (C=O) groups excluding carboxylic acids is 3. The Labute approximate surface area is 135 Å². The molecule has 1 aromatic rings. The van der Waals surface area contributed by atoms with E-state index < -0.39 is 23.5 Å². The van der Waals surface area contributed by atoms with Gasteiger partial charge in [0.05, 0.1) is 13.5 Å². The van der Waals surface area contributed by atoms with Gasteiger partial charge < -0.3 is 9.84 Å². The van der Waals surface area contributed by atoms with Gasteiger partial charge in [0.2, 0.25) is 11.6 Å². The number of aliphatic hydroxyl groups excluding tert-OH is 1. The molecule has 0 bridgehead atoms. The van der Waals surface area contributed by atoms with Crippen molar-refractivity contribution in [2.75, 3.05) is 7.11 Å². The molecular formula is C18H20O5. The van der Waals surface area contributed by atoms with Crippen LogP contribution in [0.3, 0.4) is 0 Å². The summed E-state index contributed by atoms with van der Waals surface area (Å²) in [6.45, 7) is 3.90. The number of methoxy groups -OCH3 is 1. The zero-order valence-electron chi connectivity index (χ0n) is 13.5. The number of rotatable bonds is 5. The highest BCUT2D eigenvalue weighted by Gasteiger charge is 2.37. The topological polar surface area (TPSA) is 80.7 Å². The molecule has 5 nitrogen and oxygen atoms in total. The number of benzene rings is 1. The van der Waals surface area contributed by atoms with Crippen LogP contribution in [0.4, 0.5) is 0 Å². The van der Waals surface area contributed by atoms with Gasteiger partial charge in [-0.2, -0.15) is 0 Å². The number of allylic oxidation sites excluding steroid dienone is 1. The van der Waals surface area contributed by atoms with E-state index in [9.17, 15) is 19.5 Å². The van der Waals surface area contributed by atoms with Crippen LogP contribution in [0.2, 0.25) is 0 Å². The average Bonchev–Trinajstić information content (AvgIpc) is 2.52. The Morgan fingerprint density at radius 1 is 1.13 bits per heavy atom. The molecule has 0 saturated carbocycles.